The van der Waals surface area contributed by atoms with Gasteiger partial charge in [-0.05, 0) is 12.8 Å². The van der Waals surface area contributed by atoms with E-state index in [1.165, 1.54) is 6.07 Å². The van der Waals surface area contributed by atoms with Gasteiger partial charge in [0, 0.05) is 19.2 Å². The lowest BCUT2D eigenvalue weighted by atomic mass is 10.4. The molecule has 6 heteroatoms. The molecule has 0 aromatic carbocycles. The van der Waals surface area contributed by atoms with E-state index in [0.717, 1.165) is 25.9 Å². The third-order valence-corrected chi connectivity index (χ3v) is 2.39. The van der Waals surface area contributed by atoms with E-state index in [4.69, 9.17) is 5.11 Å². The standard InChI is InChI=1S/C9H11N3O3/c13-8(14)6-5-7(11-9(15)10-6)12-3-1-2-4-12/h5H,1-4H2,(H,13,14)(H,10,11,15). The lowest BCUT2D eigenvalue weighted by molar-refractivity contribution is 0.0690. The van der Waals surface area contributed by atoms with Crippen LogP contribution in [0.2, 0.25) is 0 Å². The van der Waals surface area contributed by atoms with Gasteiger partial charge in [-0.3, -0.25) is 4.98 Å². The molecule has 1 aromatic rings. The van der Waals surface area contributed by atoms with Gasteiger partial charge in [0.2, 0.25) is 0 Å². The molecule has 0 amide bonds. The van der Waals surface area contributed by atoms with Crippen LogP contribution in [0.4, 0.5) is 5.82 Å². The summed E-state index contributed by atoms with van der Waals surface area (Å²) >= 11 is 0. The maximum atomic E-state index is 11.1. The van der Waals surface area contributed by atoms with E-state index >= 15 is 0 Å². The Morgan fingerprint density at radius 1 is 1.47 bits per heavy atom. The van der Waals surface area contributed by atoms with Crippen LogP contribution < -0.4 is 10.6 Å². The Hall–Kier alpha value is -1.85. The molecule has 0 atom stereocenters. The van der Waals surface area contributed by atoms with Gasteiger partial charge in [0.15, 0.2) is 0 Å². The molecular weight excluding hydrogens is 198 g/mol. The summed E-state index contributed by atoms with van der Waals surface area (Å²) in [6, 6.07) is 1.40. The van der Waals surface area contributed by atoms with Crippen molar-refractivity contribution < 1.29 is 9.90 Å². The summed E-state index contributed by atoms with van der Waals surface area (Å²) in [6.45, 7) is 1.66. The van der Waals surface area contributed by atoms with Crippen molar-refractivity contribution in [1.29, 1.82) is 0 Å². The van der Waals surface area contributed by atoms with E-state index in [-0.39, 0.29) is 5.69 Å². The fourth-order valence-electron chi connectivity index (χ4n) is 1.67. The third-order valence-electron chi connectivity index (χ3n) is 2.39. The third kappa shape index (κ3) is 1.98. The second-order valence-electron chi connectivity index (χ2n) is 3.46. The Bertz CT molecular complexity index is 434. The number of aromatic carboxylic acids is 1. The molecular formula is C9H11N3O3. The summed E-state index contributed by atoms with van der Waals surface area (Å²) < 4.78 is 0. The zero-order valence-corrected chi connectivity index (χ0v) is 8.06. The van der Waals surface area contributed by atoms with Crippen molar-refractivity contribution >= 4 is 11.8 Å². The largest absolute Gasteiger partial charge is 0.477 e. The molecule has 2 N–H and O–H groups in total. The predicted octanol–water partition coefficient (Wildman–Crippen LogP) is 0.0683. The minimum Gasteiger partial charge on any atom is -0.477 e. The Morgan fingerprint density at radius 2 is 2.13 bits per heavy atom. The zero-order chi connectivity index (χ0) is 10.8. The number of carboxylic acid groups (broad SMARTS) is 1. The van der Waals surface area contributed by atoms with Crippen LogP contribution in [0.1, 0.15) is 23.3 Å². The van der Waals surface area contributed by atoms with Crippen molar-refractivity contribution in [2.75, 3.05) is 18.0 Å². The number of H-pyrrole nitrogens is 1. The fourth-order valence-corrected chi connectivity index (χ4v) is 1.67. The Balaban J connectivity index is 2.38. The van der Waals surface area contributed by atoms with E-state index in [2.05, 4.69) is 9.97 Å². The summed E-state index contributed by atoms with van der Waals surface area (Å²) in [4.78, 5) is 29.7. The molecule has 1 aliphatic heterocycles. The Labute approximate surface area is 85.6 Å². The Morgan fingerprint density at radius 3 is 2.73 bits per heavy atom. The molecule has 0 bridgehead atoms. The van der Waals surface area contributed by atoms with Gasteiger partial charge < -0.3 is 10.0 Å². The first kappa shape index (κ1) is 9.70. The first-order valence-corrected chi connectivity index (χ1v) is 4.76. The van der Waals surface area contributed by atoms with Crippen LogP contribution >= 0.6 is 0 Å². The second kappa shape index (κ2) is 3.72. The number of aromatic amines is 1. The summed E-state index contributed by atoms with van der Waals surface area (Å²) in [5.41, 5.74) is -0.728. The molecule has 1 aromatic heterocycles. The van der Waals surface area contributed by atoms with Gasteiger partial charge in [-0.25, -0.2) is 9.59 Å². The van der Waals surface area contributed by atoms with Crippen LogP contribution in [0.5, 0.6) is 0 Å². The molecule has 6 nitrogen and oxygen atoms in total. The Kier molecular flexibility index (Phi) is 2.40. The maximum Gasteiger partial charge on any atom is 0.352 e. The number of aromatic nitrogens is 2. The predicted molar refractivity (Wildman–Crippen MR) is 53.3 cm³/mol. The number of rotatable bonds is 2. The molecule has 2 rings (SSSR count). The van der Waals surface area contributed by atoms with Gasteiger partial charge in [0.25, 0.3) is 0 Å². The topological polar surface area (TPSA) is 86.3 Å². The van der Waals surface area contributed by atoms with E-state index < -0.39 is 11.7 Å². The van der Waals surface area contributed by atoms with Gasteiger partial charge in [0.1, 0.15) is 11.5 Å². The van der Waals surface area contributed by atoms with Crippen molar-refractivity contribution in [3.8, 4) is 0 Å². The molecule has 1 aliphatic rings. The average Bonchev–Trinajstić information content (AvgIpc) is 2.69. The molecule has 80 valence electrons. The molecule has 2 heterocycles. The van der Waals surface area contributed by atoms with Crippen LogP contribution in [0.25, 0.3) is 0 Å². The molecule has 1 fully saturated rings. The van der Waals surface area contributed by atoms with Gasteiger partial charge >= 0.3 is 11.7 Å². The van der Waals surface area contributed by atoms with Crippen molar-refractivity contribution in [2.24, 2.45) is 0 Å². The number of nitrogens with zero attached hydrogens (tertiary/aromatic N) is 2. The zero-order valence-electron chi connectivity index (χ0n) is 8.06. The highest BCUT2D eigenvalue weighted by Gasteiger charge is 2.16. The first-order valence-electron chi connectivity index (χ1n) is 4.76. The van der Waals surface area contributed by atoms with Crippen LogP contribution in [0.15, 0.2) is 10.9 Å². The summed E-state index contributed by atoms with van der Waals surface area (Å²) in [6.07, 6.45) is 2.10. The van der Waals surface area contributed by atoms with Crippen molar-refractivity contribution in [3.63, 3.8) is 0 Å². The second-order valence-corrected chi connectivity index (χ2v) is 3.46. The highest BCUT2D eigenvalue weighted by atomic mass is 16.4. The van der Waals surface area contributed by atoms with Crippen molar-refractivity contribution in [2.45, 2.75) is 12.8 Å². The summed E-state index contributed by atoms with van der Waals surface area (Å²) in [5.74, 6) is -0.691. The van der Waals surface area contributed by atoms with Gasteiger partial charge in [-0.2, -0.15) is 4.98 Å². The van der Waals surface area contributed by atoms with Crippen LogP contribution in [-0.4, -0.2) is 34.1 Å². The number of nitrogens with one attached hydrogen (secondary N) is 1. The minimum atomic E-state index is -1.14. The smallest absolute Gasteiger partial charge is 0.352 e. The molecule has 0 saturated carbocycles. The van der Waals surface area contributed by atoms with Crippen LogP contribution in [0.3, 0.4) is 0 Å². The SMILES string of the molecule is O=C(O)c1cc(N2CCCC2)nc(=O)[nH]1. The molecule has 0 spiro atoms. The van der Waals surface area contributed by atoms with Gasteiger partial charge in [-0.1, -0.05) is 0 Å². The lowest BCUT2D eigenvalue weighted by Gasteiger charge is -2.15. The lowest BCUT2D eigenvalue weighted by Crippen LogP contribution is -2.25. The maximum absolute atomic E-state index is 11.1. The van der Waals surface area contributed by atoms with E-state index in [0.29, 0.717) is 5.82 Å². The molecule has 1 saturated heterocycles. The normalized spacial score (nSPS) is 15.6. The highest BCUT2D eigenvalue weighted by molar-refractivity contribution is 5.86. The van der Waals surface area contributed by atoms with Crippen molar-refractivity contribution in [1.82, 2.24) is 9.97 Å². The van der Waals surface area contributed by atoms with Crippen molar-refractivity contribution in [3.05, 3.63) is 22.2 Å². The molecule has 0 radical (unpaired) electrons. The minimum absolute atomic E-state index is 0.114. The number of carbonyl (C=O) groups is 1. The highest BCUT2D eigenvalue weighted by Crippen LogP contribution is 2.16. The van der Waals surface area contributed by atoms with Crippen LogP contribution in [-0.2, 0) is 0 Å². The fraction of sp³-hybridized carbons (Fsp3) is 0.444. The van der Waals surface area contributed by atoms with E-state index in [1.54, 1.807) is 0 Å². The van der Waals surface area contributed by atoms with Gasteiger partial charge in [0.05, 0.1) is 0 Å². The molecule has 0 aliphatic carbocycles. The van der Waals surface area contributed by atoms with Crippen LogP contribution in [0, 0.1) is 0 Å². The van der Waals surface area contributed by atoms with E-state index in [9.17, 15) is 9.59 Å². The number of hydrogen-bond donors (Lipinski definition) is 2. The number of anilines is 1. The van der Waals surface area contributed by atoms with E-state index in [1.807, 2.05) is 4.90 Å². The number of hydrogen-bond acceptors (Lipinski definition) is 4. The summed E-state index contributed by atoms with van der Waals surface area (Å²) in [7, 11) is 0. The quantitative estimate of drug-likeness (QED) is 0.719. The molecule has 15 heavy (non-hydrogen) atoms. The van der Waals surface area contributed by atoms with Gasteiger partial charge in [-0.15, -0.1) is 0 Å². The number of carboxylic acids is 1. The monoisotopic (exact) mass is 209 g/mol. The molecule has 0 unspecified atom stereocenters. The first-order chi connectivity index (χ1) is 7.16. The average molecular weight is 209 g/mol. The summed E-state index contributed by atoms with van der Waals surface area (Å²) in [5, 5.41) is 8.76.